The summed E-state index contributed by atoms with van der Waals surface area (Å²) in [5.74, 6) is 0.943. The highest BCUT2D eigenvalue weighted by Gasteiger charge is 2.34. The molecule has 0 saturated carbocycles. The lowest BCUT2D eigenvalue weighted by Gasteiger charge is -2.40. The number of aryl methyl sites for hydroxylation is 1. The molecule has 2 N–H and O–H groups in total. The minimum Gasteiger partial charge on any atom is -0.381 e. The first-order valence-corrected chi connectivity index (χ1v) is 11.0. The van der Waals surface area contributed by atoms with E-state index in [1.165, 1.54) is 11.3 Å². The number of aromatic nitrogens is 1. The molecule has 6 nitrogen and oxygen atoms in total. The van der Waals surface area contributed by atoms with Crippen LogP contribution in [0.2, 0.25) is 0 Å². The highest BCUT2D eigenvalue weighted by Crippen LogP contribution is 2.26. The maximum absolute atomic E-state index is 5.68. The minimum absolute atomic E-state index is 0. The molecule has 0 amide bonds. The molecule has 1 aromatic heterocycles. The van der Waals surface area contributed by atoms with Crippen molar-refractivity contribution in [3.8, 4) is 0 Å². The molecule has 0 aliphatic carbocycles. The summed E-state index contributed by atoms with van der Waals surface area (Å²) in [6.45, 7) is 8.31. The van der Waals surface area contributed by atoms with Gasteiger partial charge in [-0.05, 0) is 44.4 Å². The number of aliphatic imine (C=N–C) groups is 1. The van der Waals surface area contributed by atoms with Crippen molar-refractivity contribution in [2.45, 2.75) is 44.8 Å². The Hall–Kier alpha value is -1.58. The summed E-state index contributed by atoms with van der Waals surface area (Å²) in [5.41, 5.74) is 2.51. The third-order valence-electron chi connectivity index (χ3n) is 5.95. The van der Waals surface area contributed by atoms with Crippen LogP contribution in [-0.4, -0.2) is 54.3 Å². The molecule has 172 valence electrons. The van der Waals surface area contributed by atoms with Crippen LogP contribution in [0, 0.1) is 0 Å². The minimum atomic E-state index is -0.0556. The number of nitrogens with one attached hydrogen (secondary N) is 2. The highest BCUT2D eigenvalue weighted by molar-refractivity contribution is 14.0. The topological polar surface area (TPSA) is 53.8 Å². The van der Waals surface area contributed by atoms with E-state index in [4.69, 9.17) is 9.73 Å². The fourth-order valence-corrected chi connectivity index (χ4v) is 4.07. The third kappa shape index (κ3) is 7.22. The zero-order chi connectivity index (χ0) is 21.4. The first-order valence-electron chi connectivity index (χ1n) is 11.0. The summed E-state index contributed by atoms with van der Waals surface area (Å²) in [6.07, 6.45) is 4.02. The number of rotatable bonds is 8. The molecule has 0 bridgehead atoms. The van der Waals surface area contributed by atoms with Crippen molar-refractivity contribution in [3.63, 3.8) is 0 Å². The molecule has 1 aliphatic heterocycles. The Bertz CT molecular complexity index is 801. The molecule has 2 aromatic rings. The number of guanidine groups is 1. The van der Waals surface area contributed by atoms with Crippen molar-refractivity contribution < 1.29 is 4.74 Å². The van der Waals surface area contributed by atoms with E-state index < -0.39 is 0 Å². The van der Waals surface area contributed by atoms with Crippen LogP contribution < -0.4 is 10.6 Å². The zero-order valence-electron chi connectivity index (χ0n) is 19.3. The number of hydrogen-bond donors (Lipinski definition) is 2. The molecule has 1 fully saturated rings. The molecule has 1 unspecified atom stereocenters. The van der Waals surface area contributed by atoms with Crippen molar-refractivity contribution in [2.75, 3.05) is 33.4 Å². The van der Waals surface area contributed by atoms with Crippen LogP contribution in [0.3, 0.4) is 0 Å². The second kappa shape index (κ2) is 12.5. The maximum Gasteiger partial charge on any atom is 0.194 e. The number of hydrogen-bond acceptors (Lipinski definition) is 3. The van der Waals surface area contributed by atoms with Gasteiger partial charge in [-0.3, -0.25) is 4.99 Å². The van der Waals surface area contributed by atoms with E-state index in [2.05, 4.69) is 96.7 Å². The quantitative estimate of drug-likeness (QED) is 0.303. The number of benzene rings is 1. The smallest absolute Gasteiger partial charge is 0.194 e. The molecule has 1 atom stereocenters. The predicted molar refractivity (Wildman–Crippen MR) is 139 cm³/mol. The molecule has 1 aromatic carbocycles. The molecule has 7 heteroatoms. The van der Waals surface area contributed by atoms with Gasteiger partial charge in [0.2, 0.25) is 0 Å². The standard InChI is InChI=1S/C24H37N5O.HI/c1-5-25-23(29(4)18-22-12-9-15-28(22)3)26-19-24(13-16-30-17-14-24)27-20(2)21-10-7-6-8-11-21;/h6-12,15,20,27H,5,13-14,16-19H2,1-4H3,(H,25,26);1H. The average Bonchev–Trinajstić information content (AvgIpc) is 3.16. The predicted octanol–water partition coefficient (Wildman–Crippen LogP) is 3.94. The SMILES string of the molecule is CCNC(=NCC1(NC(C)c2ccccc2)CCOCC1)N(C)Cc1cccn1C.I. The van der Waals surface area contributed by atoms with E-state index in [9.17, 15) is 0 Å². The molecule has 31 heavy (non-hydrogen) atoms. The summed E-state index contributed by atoms with van der Waals surface area (Å²) in [7, 11) is 4.18. The normalized spacial score (nSPS) is 17.0. The van der Waals surface area contributed by atoms with Gasteiger partial charge in [0.15, 0.2) is 5.96 Å². The van der Waals surface area contributed by atoms with Gasteiger partial charge in [0.25, 0.3) is 0 Å². The van der Waals surface area contributed by atoms with Crippen molar-refractivity contribution in [1.29, 1.82) is 0 Å². The number of nitrogens with zero attached hydrogens (tertiary/aromatic N) is 3. The Labute approximate surface area is 204 Å². The van der Waals surface area contributed by atoms with Crippen molar-refractivity contribution in [3.05, 3.63) is 59.9 Å². The summed E-state index contributed by atoms with van der Waals surface area (Å²) in [5, 5.41) is 7.37. The Morgan fingerprint density at radius 2 is 1.90 bits per heavy atom. The lowest BCUT2D eigenvalue weighted by atomic mass is 9.88. The first-order chi connectivity index (χ1) is 14.5. The Kier molecular flexibility index (Phi) is 10.3. The molecule has 2 heterocycles. The molecule has 1 aliphatic rings. The van der Waals surface area contributed by atoms with Gasteiger partial charge >= 0.3 is 0 Å². The van der Waals surface area contributed by atoms with Gasteiger partial charge in [-0.15, -0.1) is 24.0 Å². The lowest BCUT2D eigenvalue weighted by Crippen LogP contribution is -2.53. The fraction of sp³-hybridized carbons (Fsp3) is 0.542. The molecular weight excluding hydrogens is 501 g/mol. The van der Waals surface area contributed by atoms with Gasteiger partial charge in [-0.1, -0.05) is 30.3 Å². The van der Waals surface area contributed by atoms with Crippen molar-refractivity contribution in [1.82, 2.24) is 20.1 Å². The van der Waals surface area contributed by atoms with Gasteiger partial charge in [-0.25, -0.2) is 0 Å². The third-order valence-corrected chi connectivity index (χ3v) is 5.95. The van der Waals surface area contributed by atoms with Crippen molar-refractivity contribution in [2.24, 2.45) is 12.0 Å². The van der Waals surface area contributed by atoms with E-state index in [0.717, 1.165) is 51.6 Å². The van der Waals surface area contributed by atoms with Crippen LogP contribution in [0.25, 0.3) is 0 Å². The monoisotopic (exact) mass is 539 g/mol. The second-order valence-electron chi connectivity index (χ2n) is 8.31. The van der Waals surface area contributed by atoms with E-state index in [-0.39, 0.29) is 35.6 Å². The first kappa shape index (κ1) is 25.7. The lowest BCUT2D eigenvalue weighted by molar-refractivity contribution is 0.0373. The zero-order valence-corrected chi connectivity index (χ0v) is 21.6. The van der Waals surface area contributed by atoms with Crippen LogP contribution in [0.15, 0.2) is 53.7 Å². The van der Waals surface area contributed by atoms with E-state index in [1.807, 2.05) is 0 Å². The molecular formula is C24H38IN5O. The van der Waals surface area contributed by atoms with Gasteiger partial charge in [-0.2, -0.15) is 0 Å². The van der Waals surface area contributed by atoms with Gasteiger partial charge < -0.3 is 24.8 Å². The number of ether oxygens (including phenoxy) is 1. The largest absolute Gasteiger partial charge is 0.381 e. The Balaban J connectivity index is 0.00000341. The molecule has 0 radical (unpaired) electrons. The summed E-state index contributed by atoms with van der Waals surface area (Å²) >= 11 is 0. The molecule has 1 saturated heterocycles. The van der Waals surface area contributed by atoms with Gasteiger partial charge in [0.05, 0.1) is 13.1 Å². The van der Waals surface area contributed by atoms with Gasteiger partial charge in [0, 0.05) is 57.3 Å². The van der Waals surface area contributed by atoms with Gasteiger partial charge in [0.1, 0.15) is 0 Å². The Morgan fingerprint density at radius 1 is 1.19 bits per heavy atom. The highest BCUT2D eigenvalue weighted by atomic mass is 127. The van der Waals surface area contributed by atoms with E-state index in [1.54, 1.807) is 0 Å². The average molecular weight is 540 g/mol. The summed E-state index contributed by atoms with van der Waals surface area (Å²) in [6, 6.07) is 15.1. The number of halogens is 1. The van der Waals surface area contributed by atoms with E-state index in [0.29, 0.717) is 0 Å². The summed E-state index contributed by atoms with van der Waals surface area (Å²) in [4.78, 5) is 7.27. The Morgan fingerprint density at radius 3 is 2.52 bits per heavy atom. The maximum atomic E-state index is 5.68. The van der Waals surface area contributed by atoms with Crippen LogP contribution in [-0.2, 0) is 18.3 Å². The summed E-state index contributed by atoms with van der Waals surface area (Å²) < 4.78 is 7.84. The van der Waals surface area contributed by atoms with Crippen LogP contribution in [0.4, 0.5) is 0 Å². The van der Waals surface area contributed by atoms with Crippen LogP contribution in [0.5, 0.6) is 0 Å². The molecule has 3 rings (SSSR count). The van der Waals surface area contributed by atoms with Crippen molar-refractivity contribution >= 4 is 29.9 Å². The van der Waals surface area contributed by atoms with Crippen LogP contribution >= 0.6 is 24.0 Å². The van der Waals surface area contributed by atoms with Crippen LogP contribution in [0.1, 0.15) is 44.0 Å². The fourth-order valence-electron chi connectivity index (χ4n) is 4.07. The second-order valence-corrected chi connectivity index (χ2v) is 8.31. The molecule has 0 spiro atoms. The van der Waals surface area contributed by atoms with E-state index >= 15 is 0 Å².